The maximum atomic E-state index is 12.1. The number of anilines is 1. The number of rotatable bonds is 5. The normalized spacial score (nSPS) is 11.3. The van der Waals surface area contributed by atoms with Crippen molar-refractivity contribution in [2.24, 2.45) is 5.92 Å². The molecule has 0 bridgehead atoms. The Balaban J connectivity index is 2.57. The fourth-order valence-corrected chi connectivity index (χ4v) is 1.36. The van der Waals surface area contributed by atoms with E-state index in [9.17, 15) is 22.8 Å². The van der Waals surface area contributed by atoms with Gasteiger partial charge in [0, 0.05) is 5.69 Å². The van der Waals surface area contributed by atoms with Crippen LogP contribution in [-0.4, -0.2) is 24.7 Å². The van der Waals surface area contributed by atoms with E-state index >= 15 is 0 Å². The fraction of sp³-hybridized carbons (Fsp3) is 0.429. The van der Waals surface area contributed by atoms with Crippen LogP contribution in [0.3, 0.4) is 0 Å². The number of amides is 1. The Hall–Kier alpha value is -2.05. The van der Waals surface area contributed by atoms with Crippen LogP contribution >= 0.6 is 0 Å². The number of ether oxygens (including phenoxy) is 1. The molecule has 0 aliphatic rings. The highest BCUT2D eigenvalue weighted by molar-refractivity contribution is 5.95. The number of hydrogen-bond acceptors (Lipinski definition) is 3. The Morgan fingerprint density at radius 1 is 1.19 bits per heavy atom. The second-order valence-corrected chi connectivity index (χ2v) is 4.85. The topological polar surface area (TPSA) is 55.4 Å². The average Bonchev–Trinajstić information content (AvgIpc) is 2.37. The summed E-state index contributed by atoms with van der Waals surface area (Å²) >= 11 is 0. The first kappa shape index (κ1) is 17.0. The molecule has 0 aromatic heterocycles. The molecule has 0 heterocycles. The van der Waals surface area contributed by atoms with Crippen molar-refractivity contribution < 1.29 is 27.5 Å². The zero-order valence-electron chi connectivity index (χ0n) is 11.7. The number of esters is 1. The van der Waals surface area contributed by atoms with Crippen LogP contribution in [0.1, 0.15) is 30.6 Å². The molecule has 4 nitrogen and oxygen atoms in total. The third kappa shape index (κ3) is 5.85. The summed E-state index contributed by atoms with van der Waals surface area (Å²) in [5.41, 5.74) is 0.166. The Morgan fingerprint density at radius 2 is 1.76 bits per heavy atom. The van der Waals surface area contributed by atoms with Crippen LogP contribution in [0.5, 0.6) is 0 Å². The molecule has 116 valence electrons. The van der Waals surface area contributed by atoms with E-state index < -0.39 is 18.1 Å². The van der Waals surface area contributed by atoms with Crippen LogP contribution in [0.4, 0.5) is 18.9 Å². The minimum atomic E-state index is -4.95. The molecule has 1 N–H and O–H groups in total. The lowest BCUT2D eigenvalue weighted by atomic mass is 10.1. The molecule has 0 aliphatic heterocycles. The lowest BCUT2D eigenvalue weighted by Crippen LogP contribution is -2.29. The van der Waals surface area contributed by atoms with Gasteiger partial charge in [-0.1, -0.05) is 13.8 Å². The number of benzene rings is 1. The van der Waals surface area contributed by atoms with Gasteiger partial charge in [-0.05, 0) is 36.6 Å². The second kappa shape index (κ2) is 7.10. The zero-order valence-corrected chi connectivity index (χ0v) is 11.7. The zero-order chi connectivity index (χ0) is 16.0. The molecule has 0 radical (unpaired) electrons. The molecule has 0 unspecified atom stereocenters. The third-order valence-corrected chi connectivity index (χ3v) is 2.56. The van der Waals surface area contributed by atoms with E-state index in [-0.39, 0.29) is 17.9 Å². The Kier molecular flexibility index (Phi) is 5.75. The van der Waals surface area contributed by atoms with Crippen LogP contribution in [0.2, 0.25) is 0 Å². The van der Waals surface area contributed by atoms with Gasteiger partial charge < -0.3 is 10.1 Å². The standard InChI is InChI=1S/C14H16F3NO3/c1-9(2)7-8-21-12(19)10-3-5-11(6-4-10)18-13(20)14(15,16)17/h3-6,9H,7-8H2,1-2H3,(H,18,20). The minimum absolute atomic E-state index is 0.0453. The van der Waals surface area contributed by atoms with Crippen molar-refractivity contribution in [1.29, 1.82) is 0 Å². The predicted molar refractivity (Wildman–Crippen MR) is 70.9 cm³/mol. The van der Waals surface area contributed by atoms with Crippen LogP contribution in [0.25, 0.3) is 0 Å². The highest BCUT2D eigenvalue weighted by Crippen LogP contribution is 2.18. The lowest BCUT2D eigenvalue weighted by molar-refractivity contribution is -0.167. The van der Waals surface area contributed by atoms with E-state index in [0.29, 0.717) is 5.92 Å². The summed E-state index contributed by atoms with van der Waals surface area (Å²) in [6.45, 7) is 4.26. The monoisotopic (exact) mass is 303 g/mol. The summed E-state index contributed by atoms with van der Waals surface area (Å²) in [5, 5.41) is 1.69. The van der Waals surface area contributed by atoms with Gasteiger partial charge >= 0.3 is 18.1 Å². The van der Waals surface area contributed by atoms with E-state index in [1.807, 2.05) is 13.8 Å². The van der Waals surface area contributed by atoms with Crippen molar-refractivity contribution in [2.45, 2.75) is 26.4 Å². The summed E-state index contributed by atoms with van der Waals surface area (Å²) in [7, 11) is 0. The number of carbonyl (C=O) groups is 2. The molecule has 7 heteroatoms. The highest BCUT2D eigenvalue weighted by Gasteiger charge is 2.38. The molecule has 1 amide bonds. The average molecular weight is 303 g/mol. The molecular weight excluding hydrogens is 287 g/mol. The van der Waals surface area contributed by atoms with Crippen molar-refractivity contribution in [1.82, 2.24) is 0 Å². The molecule has 1 aromatic rings. The summed E-state index contributed by atoms with van der Waals surface area (Å²) in [6, 6.07) is 5.01. The van der Waals surface area contributed by atoms with Crippen LogP contribution in [0, 0.1) is 5.92 Å². The van der Waals surface area contributed by atoms with Gasteiger partial charge in [-0.3, -0.25) is 4.79 Å². The van der Waals surface area contributed by atoms with E-state index in [0.717, 1.165) is 6.42 Å². The number of carbonyl (C=O) groups excluding carboxylic acids is 2. The van der Waals surface area contributed by atoms with Crippen molar-refractivity contribution in [3.05, 3.63) is 29.8 Å². The van der Waals surface area contributed by atoms with Gasteiger partial charge in [0.1, 0.15) is 0 Å². The quantitative estimate of drug-likeness (QED) is 0.848. The molecule has 0 saturated heterocycles. The van der Waals surface area contributed by atoms with E-state index in [1.54, 1.807) is 5.32 Å². The van der Waals surface area contributed by atoms with Crippen LogP contribution in [0.15, 0.2) is 24.3 Å². The molecule has 0 fully saturated rings. The van der Waals surface area contributed by atoms with Crippen molar-refractivity contribution in [3.63, 3.8) is 0 Å². The number of nitrogens with one attached hydrogen (secondary N) is 1. The first-order valence-corrected chi connectivity index (χ1v) is 6.35. The molecule has 0 saturated carbocycles. The maximum absolute atomic E-state index is 12.1. The predicted octanol–water partition coefficient (Wildman–Crippen LogP) is 3.39. The van der Waals surface area contributed by atoms with E-state index in [1.165, 1.54) is 24.3 Å². The molecular formula is C14H16F3NO3. The van der Waals surface area contributed by atoms with E-state index in [4.69, 9.17) is 4.74 Å². The fourth-order valence-electron chi connectivity index (χ4n) is 1.36. The molecule has 0 spiro atoms. The van der Waals surface area contributed by atoms with Gasteiger partial charge in [0.05, 0.1) is 12.2 Å². The maximum Gasteiger partial charge on any atom is 0.471 e. The van der Waals surface area contributed by atoms with Crippen molar-refractivity contribution in [3.8, 4) is 0 Å². The summed E-state index contributed by atoms with van der Waals surface area (Å²) in [6.07, 6.45) is -4.22. The SMILES string of the molecule is CC(C)CCOC(=O)c1ccc(NC(=O)C(F)(F)F)cc1. The first-order chi connectivity index (χ1) is 9.70. The van der Waals surface area contributed by atoms with Gasteiger partial charge in [0.2, 0.25) is 0 Å². The van der Waals surface area contributed by atoms with Gasteiger partial charge in [-0.2, -0.15) is 13.2 Å². The lowest BCUT2D eigenvalue weighted by Gasteiger charge is -2.09. The van der Waals surface area contributed by atoms with Gasteiger partial charge in [0.25, 0.3) is 0 Å². The largest absolute Gasteiger partial charge is 0.471 e. The van der Waals surface area contributed by atoms with E-state index in [2.05, 4.69) is 0 Å². The molecule has 1 rings (SSSR count). The number of halogens is 3. The van der Waals surface area contributed by atoms with Gasteiger partial charge in [0.15, 0.2) is 0 Å². The Bertz CT molecular complexity index is 495. The third-order valence-electron chi connectivity index (χ3n) is 2.56. The smallest absolute Gasteiger partial charge is 0.462 e. The molecule has 1 aromatic carbocycles. The summed E-state index contributed by atoms with van der Waals surface area (Å²) < 4.78 is 41.2. The second-order valence-electron chi connectivity index (χ2n) is 4.85. The minimum Gasteiger partial charge on any atom is -0.462 e. The van der Waals surface area contributed by atoms with Crippen molar-refractivity contribution >= 4 is 17.6 Å². The summed E-state index contributed by atoms with van der Waals surface area (Å²) in [5.74, 6) is -2.21. The van der Waals surface area contributed by atoms with Crippen molar-refractivity contribution in [2.75, 3.05) is 11.9 Å². The number of alkyl halides is 3. The van der Waals surface area contributed by atoms with Crippen LogP contribution < -0.4 is 5.32 Å². The number of hydrogen-bond donors (Lipinski definition) is 1. The molecule has 0 atom stereocenters. The Morgan fingerprint density at radius 3 is 2.24 bits per heavy atom. The Labute approximate surface area is 120 Å². The molecule has 0 aliphatic carbocycles. The van der Waals surface area contributed by atoms with Gasteiger partial charge in [-0.15, -0.1) is 0 Å². The van der Waals surface area contributed by atoms with Crippen LogP contribution in [-0.2, 0) is 9.53 Å². The molecule has 21 heavy (non-hydrogen) atoms. The van der Waals surface area contributed by atoms with Gasteiger partial charge in [-0.25, -0.2) is 4.79 Å². The summed E-state index contributed by atoms with van der Waals surface area (Å²) in [4.78, 5) is 22.4. The highest BCUT2D eigenvalue weighted by atomic mass is 19.4. The first-order valence-electron chi connectivity index (χ1n) is 6.35.